The van der Waals surface area contributed by atoms with E-state index in [4.69, 9.17) is 4.74 Å². The molecule has 0 unspecified atom stereocenters. The lowest BCUT2D eigenvalue weighted by Gasteiger charge is -2.42. The molecule has 3 aromatic rings. The van der Waals surface area contributed by atoms with Gasteiger partial charge in [-0.3, -0.25) is 0 Å². The lowest BCUT2D eigenvalue weighted by molar-refractivity contribution is -0.112. The van der Waals surface area contributed by atoms with Gasteiger partial charge in [0.2, 0.25) is 0 Å². The van der Waals surface area contributed by atoms with Crippen molar-refractivity contribution in [3.63, 3.8) is 0 Å². The molecule has 4 fully saturated rings. The third-order valence-electron chi connectivity index (χ3n) is 9.66. The summed E-state index contributed by atoms with van der Waals surface area (Å²) in [6.07, 6.45) is 5.50. The molecule has 1 heteroatoms. The first-order valence-corrected chi connectivity index (χ1v) is 11.2. The number of rotatable bonds is 2. The Kier molecular flexibility index (Phi) is 2.41. The van der Waals surface area contributed by atoms with E-state index in [0.29, 0.717) is 0 Å². The molecule has 2 aliphatic heterocycles. The molecule has 1 nitrogen and oxygen atoms in total. The minimum Gasteiger partial charge on any atom is -0.348 e. The van der Waals surface area contributed by atoms with E-state index in [1.807, 2.05) is 0 Å². The molecule has 1 saturated heterocycles. The number of benzene rings is 3. The van der Waals surface area contributed by atoms with E-state index in [9.17, 15) is 0 Å². The van der Waals surface area contributed by atoms with Gasteiger partial charge in [0.05, 0.1) is 0 Å². The fourth-order valence-electron chi connectivity index (χ4n) is 9.13. The summed E-state index contributed by atoms with van der Waals surface area (Å²) < 4.78 is 7.58. The van der Waals surface area contributed by atoms with Gasteiger partial charge >= 0.3 is 0 Å². The van der Waals surface area contributed by atoms with Crippen molar-refractivity contribution < 1.29 is 4.74 Å². The van der Waals surface area contributed by atoms with Gasteiger partial charge in [-0.05, 0) is 59.8 Å². The van der Waals surface area contributed by atoms with Crippen LogP contribution in [-0.4, -0.2) is 0 Å². The summed E-state index contributed by atoms with van der Waals surface area (Å²) in [5, 5.41) is 0. The zero-order valence-electron chi connectivity index (χ0n) is 16.5. The molecule has 0 radical (unpaired) electrons. The van der Waals surface area contributed by atoms with E-state index in [1.54, 1.807) is 0 Å². The van der Waals surface area contributed by atoms with E-state index in [0.717, 1.165) is 11.8 Å². The smallest absolute Gasteiger partial charge is 0.127 e. The Morgan fingerprint density at radius 3 is 1.52 bits per heavy atom. The molecule has 0 spiro atoms. The zero-order valence-corrected chi connectivity index (χ0v) is 16.5. The highest BCUT2D eigenvalue weighted by molar-refractivity contribution is 5.67. The molecule has 142 valence electrons. The van der Waals surface area contributed by atoms with Crippen LogP contribution in [0.1, 0.15) is 47.9 Å². The van der Waals surface area contributed by atoms with E-state index < -0.39 is 0 Å². The molecule has 3 aliphatic carbocycles. The van der Waals surface area contributed by atoms with E-state index >= 15 is 0 Å². The van der Waals surface area contributed by atoms with Gasteiger partial charge in [-0.2, -0.15) is 0 Å². The van der Waals surface area contributed by atoms with Crippen molar-refractivity contribution in [1.29, 1.82) is 0 Å². The molecular formula is C28H24O. The first-order valence-electron chi connectivity index (χ1n) is 11.2. The topological polar surface area (TPSA) is 9.23 Å². The van der Waals surface area contributed by atoms with Crippen molar-refractivity contribution in [3.8, 4) is 0 Å². The van der Waals surface area contributed by atoms with Crippen LogP contribution >= 0.6 is 0 Å². The normalized spacial score (nSPS) is 44.4. The van der Waals surface area contributed by atoms with E-state index in [-0.39, 0.29) is 22.0 Å². The standard InChI is InChI=1S/C28H24O/c1-3-9-19(10-4-1)27-23-13-7-8-14-24(23)28(29-27,20-11-5-2-6-12-20)26-18-25(26,27)21-15-16-22(26)17-21/h1-14,21-22H,15-18H2/t21-,22+,25-,26+,27-,28+. The van der Waals surface area contributed by atoms with E-state index in [1.165, 1.54) is 47.9 Å². The predicted octanol–water partition coefficient (Wildman–Crippen LogP) is 6.02. The van der Waals surface area contributed by atoms with Crippen LogP contribution in [0.5, 0.6) is 0 Å². The fourth-order valence-corrected chi connectivity index (χ4v) is 9.13. The summed E-state index contributed by atoms with van der Waals surface area (Å²) >= 11 is 0. The largest absolute Gasteiger partial charge is 0.348 e. The molecular weight excluding hydrogens is 352 g/mol. The minimum absolute atomic E-state index is 0.272. The van der Waals surface area contributed by atoms with Crippen LogP contribution in [0.25, 0.3) is 0 Å². The van der Waals surface area contributed by atoms with Crippen molar-refractivity contribution >= 4 is 0 Å². The maximum atomic E-state index is 7.58. The summed E-state index contributed by atoms with van der Waals surface area (Å²) in [5.74, 6) is 1.60. The van der Waals surface area contributed by atoms with Crippen molar-refractivity contribution in [2.75, 3.05) is 0 Å². The molecule has 5 aliphatic rings. The zero-order chi connectivity index (χ0) is 18.9. The average molecular weight is 376 g/mol. The van der Waals surface area contributed by atoms with Crippen LogP contribution in [-0.2, 0) is 15.9 Å². The monoisotopic (exact) mass is 376 g/mol. The molecule has 29 heavy (non-hydrogen) atoms. The Hall–Kier alpha value is -2.38. The van der Waals surface area contributed by atoms with Crippen LogP contribution in [0.4, 0.5) is 0 Å². The Balaban J connectivity index is 1.55. The van der Waals surface area contributed by atoms with Crippen LogP contribution < -0.4 is 0 Å². The van der Waals surface area contributed by atoms with E-state index in [2.05, 4.69) is 84.9 Å². The highest BCUT2D eigenvalue weighted by atomic mass is 16.5. The minimum atomic E-state index is -0.291. The van der Waals surface area contributed by atoms with Gasteiger partial charge in [-0.15, -0.1) is 0 Å². The lowest BCUT2D eigenvalue weighted by atomic mass is 9.56. The molecule has 8 rings (SSSR count). The highest BCUT2D eigenvalue weighted by Gasteiger charge is 2.99. The second-order valence-electron chi connectivity index (χ2n) is 10.1. The molecule has 0 amide bonds. The fraction of sp³-hybridized carbons (Fsp3) is 0.357. The van der Waals surface area contributed by atoms with Gasteiger partial charge < -0.3 is 4.74 Å². The van der Waals surface area contributed by atoms with Crippen molar-refractivity contribution in [2.24, 2.45) is 22.7 Å². The highest BCUT2D eigenvalue weighted by Crippen LogP contribution is 2.99. The SMILES string of the molecule is c1ccc([C@@]23O[C@@](c4ccccc4)(c4ccccc42)[C@]24C[C@]32[C@@H]2CC[C@H]4C2)cc1. The second kappa shape index (κ2) is 4.52. The summed E-state index contributed by atoms with van der Waals surface area (Å²) in [5.41, 5.74) is 5.59. The van der Waals surface area contributed by atoms with Crippen molar-refractivity contribution in [3.05, 3.63) is 107 Å². The van der Waals surface area contributed by atoms with Crippen molar-refractivity contribution in [2.45, 2.75) is 36.9 Å². The molecule has 6 atom stereocenters. The van der Waals surface area contributed by atoms with Gasteiger partial charge in [0.25, 0.3) is 0 Å². The molecule has 0 N–H and O–H groups in total. The van der Waals surface area contributed by atoms with Gasteiger partial charge in [-0.25, -0.2) is 0 Å². The van der Waals surface area contributed by atoms with Crippen LogP contribution in [0, 0.1) is 22.7 Å². The first-order chi connectivity index (χ1) is 14.3. The number of hydrogen-bond acceptors (Lipinski definition) is 1. The van der Waals surface area contributed by atoms with Crippen LogP contribution in [0.3, 0.4) is 0 Å². The third-order valence-corrected chi connectivity index (χ3v) is 9.66. The lowest BCUT2D eigenvalue weighted by Crippen LogP contribution is -2.43. The maximum Gasteiger partial charge on any atom is 0.127 e. The predicted molar refractivity (Wildman–Crippen MR) is 112 cm³/mol. The Morgan fingerprint density at radius 2 is 1.03 bits per heavy atom. The Bertz CT molecular complexity index is 1080. The number of ether oxygens (including phenoxy) is 1. The quantitative estimate of drug-likeness (QED) is 0.531. The molecule has 3 saturated carbocycles. The van der Waals surface area contributed by atoms with Crippen LogP contribution in [0.15, 0.2) is 84.9 Å². The summed E-state index contributed by atoms with van der Waals surface area (Å²) in [4.78, 5) is 0. The first kappa shape index (κ1) is 15.5. The summed E-state index contributed by atoms with van der Waals surface area (Å²) in [6, 6.07) is 31.6. The molecule has 2 heterocycles. The van der Waals surface area contributed by atoms with Gasteiger partial charge in [-0.1, -0.05) is 84.9 Å². The number of hydrogen-bond donors (Lipinski definition) is 0. The summed E-state index contributed by atoms with van der Waals surface area (Å²) in [6.45, 7) is 0. The molecule has 4 bridgehead atoms. The van der Waals surface area contributed by atoms with Crippen LogP contribution in [0.2, 0.25) is 0 Å². The van der Waals surface area contributed by atoms with Gasteiger partial charge in [0.15, 0.2) is 0 Å². The molecule has 3 aromatic carbocycles. The Morgan fingerprint density at radius 1 is 0.586 bits per heavy atom. The van der Waals surface area contributed by atoms with Gasteiger partial charge in [0.1, 0.15) is 11.2 Å². The van der Waals surface area contributed by atoms with Gasteiger partial charge in [0, 0.05) is 10.8 Å². The summed E-state index contributed by atoms with van der Waals surface area (Å²) in [7, 11) is 0. The van der Waals surface area contributed by atoms with Crippen molar-refractivity contribution in [1.82, 2.24) is 0 Å². The maximum absolute atomic E-state index is 7.58. The Labute approximate surface area is 171 Å². The molecule has 0 aromatic heterocycles. The third kappa shape index (κ3) is 1.26. The number of fused-ring (bicyclic) bond motifs is 7. The average Bonchev–Trinajstić information content (AvgIpc) is 3.09. The second-order valence-corrected chi connectivity index (χ2v) is 10.1.